The fourth-order valence-corrected chi connectivity index (χ4v) is 1.97. The van der Waals surface area contributed by atoms with Gasteiger partial charge in [0.25, 0.3) is 5.91 Å². The molecular weight excluding hydrogens is 335 g/mol. The maximum absolute atomic E-state index is 13.5. The van der Waals surface area contributed by atoms with E-state index >= 15 is 0 Å². The molecule has 3 nitrogen and oxygen atoms in total. The van der Waals surface area contributed by atoms with Crippen LogP contribution >= 0.6 is 27.5 Å². The number of benzene rings is 2. The Morgan fingerprint density at radius 3 is 2.68 bits per heavy atom. The normalized spacial score (nSPS) is 10.3. The van der Waals surface area contributed by atoms with Crippen molar-refractivity contribution >= 4 is 44.8 Å². The van der Waals surface area contributed by atoms with E-state index in [9.17, 15) is 9.18 Å². The van der Waals surface area contributed by atoms with Crippen molar-refractivity contribution in [1.29, 1.82) is 0 Å². The van der Waals surface area contributed by atoms with Crippen LogP contribution < -0.4 is 11.1 Å². The summed E-state index contributed by atoms with van der Waals surface area (Å²) in [5.41, 5.74) is 6.36. The Kier molecular flexibility index (Phi) is 4.07. The summed E-state index contributed by atoms with van der Waals surface area (Å²) in [5.74, 6) is -1.15. The summed E-state index contributed by atoms with van der Waals surface area (Å²) in [7, 11) is 0. The molecular formula is C13H9BrClFN2O. The van der Waals surface area contributed by atoms with Gasteiger partial charge >= 0.3 is 0 Å². The molecule has 0 unspecified atom stereocenters. The molecule has 0 aromatic heterocycles. The first kappa shape index (κ1) is 13.8. The van der Waals surface area contributed by atoms with Gasteiger partial charge in [0, 0.05) is 10.2 Å². The average molecular weight is 344 g/mol. The highest BCUT2D eigenvalue weighted by Crippen LogP contribution is 2.23. The Bertz CT molecular complexity index is 649. The van der Waals surface area contributed by atoms with Gasteiger partial charge in [0.15, 0.2) is 0 Å². The largest absolute Gasteiger partial charge is 0.397 e. The lowest BCUT2D eigenvalue weighted by molar-refractivity contribution is 0.102. The third-order valence-electron chi connectivity index (χ3n) is 2.43. The highest BCUT2D eigenvalue weighted by atomic mass is 79.9. The van der Waals surface area contributed by atoms with E-state index in [4.69, 9.17) is 17.3 Å². The van der Waals surface area contributed by atoms with Crippen molar-refractivity contribution in [3.8, 4) is 0 Å². The summed E-state index contributed by atoms with van der Waals surface area (Å²) < 4.78 is 14.2. The Hall–Kier alpha value is -1.59. The molecule has 98 valence electrons. The highest BCUT2D eigenvalue weighted by molar-refractivity contribution is 9.10. The van der Waals surface area contributed by atoms with Crippen molar-refractivity contribution in [1.82, 2.24) is 0 Å². The zero-order valence-electron chi connectivity index (χ0n) is 9.58. The smallest absolute Gasteiger partial charge is 0.258 e. The SMILES string of the molecule is Nc1cc(NC(=O)c2cc(Br)ccc2F)ccc1Cl. The molecule has 0 aliphatic carbocycles. The number of halogens is 3. The van der Waals surface area contributed by atoms with Gasteiger partial charge in [-0.15, -0.1) is 0 Å². The van der Waals surface area contributed by atoms with Gasteiger partial charge < -0.3 is 11.1 Å². The van der Waals surface area contributed by atoms with Gasteiger partial charge in [-0.1, -0.05) is 27.5 Å². The molecule has 2 aromatic rings. The zero-order chi connectivity index (χ0) is 14.0. The molecule has 6 heteroatoms. The number of hydrogen-bond acceptors (Lipinski definition) is 2. The first-order valence-corrected chi connectivity index (χ1v) is 6.46. The van der Waals surface area contributed by atoms with Gasteiger partial charge in [-0.3, -0.25) is 4.79 Å². The minimum Gasteiger partial charge on any atom is -0.397 e. The quantitative estimate of drug-likeness (QED) is 0.807. The molecule has 0 aliphatic heterocycles. The number of hydrogen-bond donors (Lipinski definition) is 2. The van der Waals surface area contributed by atoms with E-state index in [0.717, 1.165) is 0 Å². The predicted octanol–water partition coefficient (Wildman–Crippen LogP) is 4.08. The van der Waals surface area contributed by atoms with Gasteiger partial charge in [-0.05, 0) is 36.4 Å². The zero-order valence-corrected chi connectivity index (χ0v) is 11.9. The fourth-order valence-electron chi connectivity index (χ4n) is 1.49. The van der Waals surface area contributed by atoms with Crippen LogP contribution in [0.1, 0.15) is 10.4 Å². The maximum Gasteiger partial charge on any atom is 0.258 e. The lowest BCUT2D eigenvalue weighted by atomic mass is 10.2. The van der Waals surface area contributed by atoms with E-state index in [1.54, 1.807) is 12.1 Å². The molecule has 0 saturated heterocycles. The Balaban J connectivity index is 2.25. The number of nitrogen functional groups attached to an aromatic ring is 1. The highest BCUT2D eigenvalue weighted by Gasteiger charge is 2.12. The van der Waals surface area contributed by atoms with Crippen LogP contribution in [0.4, 0.5) is 15.8 Å². The first-order valence-electron chi connectivity index (χ1n) is 5.29. The van der Waals surface area contributed by atoms with E-state index in [1.807, 2.05) is 0 Å². The van der Waals surface area contributed by atoms with Crippen LogP contribution in [0.5, 0.6) is 0 Å². The van der Waals surface area contributed by atoms with Gasteiger partial charge in [0.1, 0.15) is 5.82 Å². The number of amides is 1. The van der Waals surface area contributed by atoms with E-state index in [2.05, 4.69) is 21.2 Å². The van der Waals surface area contributed by atoms with Crippen LogP contribution in [-0.2, 0) is 0 Å². The lowest BCUT2D eigenvalue weighted by Gasteiger charge is -2.08. The minimum atomic E-state index is -0.595. The molecule has 2 aromatic carbocycles. The summed E-state index contributed by atoms with van der Waals surface area (Å²) in [4.78, 5) is 11.9. The number of anilines is 2. The molecule has 0 atom stereocenters. The van der Waals surface area contributed by atoms with Crippen LogP contribution in [0.15, 0.2) is 40.9 Å². The Morgan fingerprint density at radius 2 is 2.00 bits per heavy atom. The summed E-state index contributed by atoms with van der Waals surface area (Å²) in [6, 6.07) is 8.80. The molecule has 0 radical (unpaired) electrons. The van der Waals surface area contributed by atoms with Crippen LogP contribution in [0.2, 0.25) is 5.02 Å². The molecule has 0 bridgehead atoms. The monoisotopic (exact) mass is 342 g/mol. The van der Waals surface area contributed by atoms with Gasteiger partial charge in [0.05, 0.1) is 16.3 Å². The van der Waals surface area contributed by atoms with E-state index in [-0.39, 0.29) is 5.56 Å². The number of rotatable bonds is 2. The standard InChI is InChI=1S/C13H9BrClFN2O/c14-7-1-4-11(16)9(5-7)13(19)18-8-2-3-10(15)12(17)6-8/h1-6H,17H2,(H,18,19). The predicted molar refractivity (Wildman–Crippen MR) is 77.9 cm³/mol. The van der Waals surface area contributed by atoms with E-state index in [0.29, 0.717) is 20.9 Å². The van der Waals surface area contributed by atoms with Crippen molar-refractivity contribution < 1.29 is 9.18 Å². The number of nitrogens with one attached hydrogen (secondary N) is 1. The second-order valence-corrected chi connectivity index (χ2v) is 5.14. The molecule has 1 amide bonds. The second-order valence-electron chi connectivity index (χ2n) is 3.81. The summed E-state index contributed by atoms with van der Waals surface area (Å²) in [6.45, 7) is 0. The van der Waals surface area contributed by atoms with Crippen LogP contribution in [0, 0.1) is 5.82 Å². The second kappa shape index (κ2) is 5.59. The van der Waals surface area contributed by atoms with Crippen molar-refractivity contribution in [2.45, 2.75) is 0 Å². The van der Waals surface area contributed by atoms with Crippen LogP contribution in [0.3, 0.4) is 0 Å². The van der Waals surface area contributed by atoms with Gasteiger partial charge in [0.2, 0.25) is 0 Å². The summed E-state index contributed by atoms with van der Waals surface area (Å²) in [6.07, 6.45) is 0. The first-order chi connectivity index (χ1) is 8.97. The van der Waals surface area contributed by atoms with E-state index < -0.39 is 11.7 Å². The molecule has 19 heavy (non-hydrogen) atoms. The van der Waals surface area contributed by atoms with Crippen molar-refractivity contribution in [3.05, 3.63) is 57.3 Å². The molecule has 2 rings (SSSR count). The lowest BCUT2D eigenvalue weighted by Crippen LogP contribution is -2.14. The third-order valence-corrected chi connectivity index (χ3v) is 3.26. The fraction of sp³-hybridized carbons (Fsp3) is 0. The maximum atomic E-state index is 13.5. The molecule has 0 spiro atoms. The molecule has 0 fully saturated rings. The number of carbonyl (C=O) groups is 1. The number of carbonyl (C=O) groups excluding carboxylic acids is 1. The minimum absolute atomic E-state index is 0.0529. The topological polar surface area (TPSA) is 55.1 Å². The van der Waals surface area contributed by atoms with Crippen LogP contribution in [0.25, 0.3) is 0 Å². The van der Waals surface area contributed by atoms with Crippen LogP contribution in [-0.4, -0.2) is 5.91 Å². The molecule has 0 saturated carbocycles. The molecule has 3 N–H and O–H groups in total. The molecule has 0 aliphatic rings. The Labute approximate surface area is 122 Å². The average Bonchev–Trinajstić information content (AvgIpc) is 2.36. The molecule has 0 heterocycles. The van der Waals surface area contributed by atoms with Gasteiger partial charge in [-0.25, -0.2) is 4.39 Å². The van der Waals surface area contributed by atoms with Crippen molar-refractivity contribution in [2.75, 3.05) is 11.1 Å². The van der Waals surface area contributed by atoms with Crippen molar-refractivity contribution in [3.63, 3.8) is 0 Å². The third kappa shape index (κ3) is 3.24. The summed E-state index contributed by atoms with van der Waals surface area (Å²) in [5, 5.41) is 2.95. The summed E-state index contributed by atoms with van der Waals surface area (Å²) >= 11 is 8.96. The van der Waals surface area contributed by atoms with E-state index in [1.165, 1.54) is 24.3 Å². The van der Waals surface area contributed by atoms with Gasteiger partial charge in [-0.2, -0.15) is 0 Å². The Morgan fingerprint density at radius 1 is 1.26 bits per heavy atom. The van der Waals surface area contributed by atoms with Crippen molar-refractivity contribution in [2.24, 2.45) is 0 Å². The number of nitrogens with two attached hydrogens (primary N) is 1.